The fraction of sp³-hybridized carbons (Fsp3) is 0.556. The van der Waals surface area contributed by atoms with Gasteiger partial charge >= 0.3 is 6.18 Å². The van der Waals surface area contributed by atoms with Gasteiger partial charge in [0.25, 0.3) is 0 Å². The predicted molar refractivity (Wildman–Crippen MR) is 112 cm³/mol. The SMILES string of the molecule is CCNC(=NCCOc1cccc(C(F)(F)F)c1)N1CCN(C(C)=O)CC1.I. The molecule has 1 amide bonds. The molecule has 1 aromatic rings. The van der Waals surface area contributed by atoms with Crippen molar-refractivity contribution in [3.63, 3.8) is 0 Å². The van der Waals surface area contributed by atoms with Crippen LogP contribution in [0.15, 0.2) is 29.3 Å². The Morgan fingerprint density at radius 2 is 1.86 bits per heavy atom. The van der Waals surface area contributed by atoms with Crippen LogP contribution in [0.4, 0.5) is 13.2 Å². The number of ether oxygens (including phenoxy) is 1. The molecule has 0 radical (unpaired) electrons. The number of carbonyl (C=O) groups is 1. The largest absolute Gasteiger partial charge is 0.492 e. The van der Waals surface area contributed by atoms with E-state index >= 15 is 0 Å². The summed E-state index contributed by atoms with van der Waals surface area (Å²) in [5, 5.41) is 3.19. The highest BCUT2D eigenvalue weighted by atomic mass is 127. The van der Waals surface area contributed by atoms with Gasteiger partial charge in [0.2, 0.25) is 5.91 Å². The predicted octanol–water partition coefficient (Wildman–Crippen LogP) is 2.83. The minimum atomic E-state index is -4.39. The van der Waals surface area contributed by atoms with Gasteiger partial charge in [-0.25, -0.2) is 4.99 Å². The molecule has 28 heavy (non-hydrogen) atoms. The first-order valence-electron chi connectivity index (χ1n) is 8.90. The summed E-state index contributed by atoms with van der Waals surface area (Å²) in [7, 11) is 0. The summed E-state index contributed by atoms with van der Waals surface area (Å²) in [5.74, 6) is 0.944. The van der Waals surface area contributed by atoms with Gasteiger partial charge in [-0.2, -0.15) is 13.2 Å². The van der Waals surface area contributed by atoms with Gasteiger partial charge in [0.15, 0.2) is 5.96 Å². The Balaban J connectivity index is 0.00000392. The van der Waals surface area contributed by atoms with Crippen LogP contribution in [-0.4, -0.2) is 67.5 Å². The lowest BCUT2D eigenvalue weighted by Gasteiger charge is -2.36. The monoisotopic (exact) mass is 514 g/mol. The molecule has 1 N–H and O–H groups in total. The van der Waals surface area contributed by atoms with Gasteiger partial charge in [-0.1, -0.05) is 6.07 Å². The lowest BCUT2D eigenvalue weighted by molar-refractivity contribution is -0.137. The van der Waals surface area contributed by atoms with Crippen LogP contribution in [0.3, 0.4) is 0 Å². The number of alkyl halides is 3. The zero-order valence-corrected chi connectivity index (χ0v) is 18.3. The second-order valence-corrected chi connectivity index (χ2v) is 6.10. The van der Waals surface area contributed by atoms with Crippen molar-refractivity contribution < 1.29 is 22.7 Å². The Hall–Kier alpha value is -1.72. The topological polar surface area (TPSA) is 57.2 Å². The van der Waals surface area contributed by atoms with E-state index in [1.54, 1.807) is 11.8 Å². The maximum absolute atomic E-state index is 12.7. The van der Waals surface area contributed by atoms with Gasteiger partial charge < -0.3 is 19.9 Å². The highest BCUT2D eigenvalue weighted by Gasteiger charge is 2.30. The number of carbonyl (C=O) groups excluding carboxylic acids is 1. The zero-order valence-electron chi connectivity index (χ0n) is 16.0. The number of guanidine groups is 1. The van der Waals surface area contributed by atoms with E-state index in [0.717, 1.165) is 12.1 Å². The number of rotatable bonds is 5. The fourth-order valence-electron chi connectivity index (χ4n) is 2.74. The van der Waals surface area contributed by atoms with Crippen molar-refractivity contribution >= 4 is 35.8 Å². The molecule has 0 aliphatic carbocycles. The van der Waals surface area contributed by atoms with Crippen LogP contribution in [0, 0.1) is 0 Å². The number of amides is 1. The van der Waals surface area contributed by atoms with Crippen LogP contribution < -0.4 is 10.1 Å². The molecule has 0 unspecified atom stereocenters. The molecule has 158 valence electrons. The van der Waals surface area contributed by atoms with E-state index in [9.17, 15) is 18.0 Å². The first-order valence-corrected chi connectivity index (χ1v) is 8.90. The number of nitrogens with one attached hydrogen (secondary N) is 1. The molecule has 1 aromatic carbocycles. The van der Waals surface area contributed by atoms with Gasteiger partial charge in [0.1, 0.15) is 12.4 Å². The molecule has 0 saturated carbocycles. The maximum atomic E-state index is 12.7. The number of nitrogens with zero attached hydrogens (tertiary/aromatic N) is 3. The smallest absolute Gasteiger partial charge is 0.416 e. The van der Waals surface area contributed by atoms with Crippen LogP contribution in [0.1, 0.15) is 19.4 Å². The summed E-state index contributed by atoms with van der Waals surface area (Å²) < 4.78 is 43.5. The number of aliphatic imine (C=N–C) groups is 1. The quantitative estimate of drug-likeness (QED) is 0.284. The van der Waals surface area contributed by atoms with E-state index in [2.05, 4.69) is 15.2 Å². The van der Waals surface area contributed by atoms with E-state index in [4.69, 9.17) is 4.74 Å². The average Bonchev–Trinajstić information content (AvgIpc) is 2.64. The average molecular weight is 514 g/mol. The lowest BCUT2D eigenvalue weighted by atomic mass is 10.2. The first kappa shape index (κ1) is 24.3. The highest BCUT2D eigenvalue weighted by molar-refractivity contribution is 14.0. The molecular formula is C18H26F3IN4O2. The fourth-order valence-corrected chi connectivity index (χ4v) is 2.74. The Morgan fingerprint density at radius 1 is 1.21 bits per heavy atom. The Bertz CT molecular complexity index is 662. The molecule has 1 heterocycles. The minimum absolute atomic E-state index is 0. The van der Waals surface area contributed by atoms with Gasteiger partial charge in [-0.15, -0.1) is 24.0 Å². The van der Waals surface area contributed by atoms with Gasteiger partial charge in [0, 0.05) is 39.6 Å². The van der Waals surface area contributed by atoms with Crippen molar-refractivity contribution in [3.8, 4) is 5.75 Å². The summed E-state index contributed by atoms with van der Waals surface area (Å²) >= 11 is 0. The molecule has 0 spiro atoms. The molecule has 0 atom stereocenters. The first-order chi connectivity index (χ1) is 12.8. The van der Waals surface area contributed by atoms with Crippen LogP contribution in [-0.2, 0) is 11.0 Å². The molecule has 6 nitrogen and oxygen atoms in total. The number of halogens is 4. The van der Waals surface area contributed by atoms with Gasteiger partial charge in [-0.05, 0) is 25.1 Å². The number of hydrogen-bond donors (Lipinski definition) is 1. The molecule has 0 bridgehead atoms. The number of piperazine rings is 1. The van der Waals surface area contributed by atoms with Crippen molar-refractivity contribution in [3.05, 3.63) is 29.8 Å². The minimum Gasteiger partial charge on any atom is -0.492 e. The summed E-state index contributed by atoms with van der Waals surface area (Å²) in [6.07, 6.45) is -4.39. The molecule has 1 aliphatic heterocycles. The zero-order chi connectivity index (χ0) is 19.9. The second-order valence-electron chi connectivity index (χ2n) is 6.10. The molecule has 1 saturated heterocycles. The third kappa shape index (κ3) is 7.36. The Kier molecular flexibility index (Phi) is 9.83. The lowest BCUT2D eigenvalue weighted by Crippen LogP contribution is -2.53. The van der Waals surface area contributed by atoms with Crippen molar-refractivity contribution in [2.24, 2.45) is 4.99 Å². The third-order valence-electron chi connectivity index (χ3n) is 4.14. The normalized spacial score (nSPS) is 15.1. The summed E-state index contributed by atoms with van der Waals surface area (Å²) in [6, 6.07) is 4.80. The van der Waals surface area contributed by atoms with Crippen LogP contribution in [0.2, 0.25) is 0 Å². The van der Waals surface area contributed by atoms with Crippen LogP contribution >= 0.6 is 24.0 Å². The standard InChI is InChI=1S/C18H25F3N4O2.HI/c1-3-22-17(25-10-8-24(9-11-25)14(2)26)23-7-12-27-16-6-4-5-15(13-16)18(19,20)21;/h4-6,13H,3,7-12H2,1-2H3,(H,22,23);1H. The van der Waals surface area contributed by atoms with E-state index in [0.29, 0.717) is 45.2 Å². The Morgan fingerprint density at radius 3 is 2.43 bits per heavy atom. The molecule has 2 rings (SSSR count). The van der Waals surface area contributed by atoms with E-state index < -0.39 is 11.7 Å². The third-order valence-corrected chi connectivity index (χ3v) is 4.14. The van der Waals surface area contributed by atoms with Crippen molar-refractivity contribution in [1.82, 2.24) is 15.1 Å². The van der Waals surface area contributed by atoms with E-state index in [1.165, 1.54) is 12.1 Å². The van der Waals surface area contributed by atoms with Gasteiger partial charge in [0.05, 0.1) is 12.1 Å². The summed E-state index contributed by atoms with van der Waals surface area (Å²) in [6.45, 7) is 7.33. The summed E-state index contributed by atoms with van der Waals surface area (Å²) in [4.78, 5) is 19.7. The van der Waals surface area contributed by atoms with Gasteiger partial charge in [-0.3, -0.25) is 4.79 Å². The van der Waals surface area contributed by atoms with E-state index in [1.807, 2.05) is 6.92 Å². The highest BCUT2D eigenvalue weighted by Crippen LogP contribution is 2.31. The molecule has 0 aromatic heterocycles. The maximum Gasteiger partial charge on any atom is 0.416 e. The molecular weight excluding hydrogens is 488 g/mol. The Labute approximate surface area is 180 Å². The summed E-state index contributed by atoms with van der Waals surface area (Å²) in [5.41, 5.74) is -0.736. The molecule has 10 heteroatoms. The molecule has 1 aliphatic rings. The molecule has 1 fully saturated rings. The van der Waals surface area contributed by atoms with Crippen molar-refractivity contribution in [2.75, 3.05) is 45.9 Å². The van der Waals surface area contributed by atoms with Crippen molar-refractivity contribution in [2.45, 2.75) is 20.0 Å². The number of hydrogen-bond acceptors (Lipinski definition) is 3. The van der Waals surface area contributed by atoms with E-state index in [-0.39, 0.29) is 42.2 Å². The van der Waals surface area contributed by atoms with Crippen LogP contribution in [0.5, 0.6) is 5.75 Å². The number of benzene rings is 1. The van der Waals surface area contributed by atoms with Crippen molar-refractivity contribution in [1.29, 1.82) is 0 Å². The van der Waals surface area contributed by atoms with Crippen LogP contribution in [0.25, 0.3) is 0 Å². The second kappa shape index (κ2) is 11.3.